The minimum absolute atomic E-state index is 0.0167. The van der Waals surface area contributed by atoms with Gasteiger partial charge in [-0.05, 0) is 12.1 Å². The van der Waals surface area contributed by atoms with E-state index in [1.54, 1.807) is 0 Å². The van der Waals surface area contributed by atoms with E-state index in [0.29, 0.717) is 6.07 Å². The van der Waals surface area contributed by atoms with Crippen LogP contribution in [0.25, 0.3) is 0 Å². The molecule has 0 atom stereocenters. The molecule has 28 heavy (non-hydrogen) atoms. The van der Waals surface area contributed by atoms with E-state index in [0.717, 1.165) is 10.4 Å². The van der Waals surface area contributed by atoms with E-state index < -0.39 is 37.4 Å². The zero-order valence-corrected chi connectivity index (χ0v) is 15.6. The molecule has 2 heterocycles. The molecule has 1 N–H and O–H groups in total. The van der Waals surface area contributed by atoms with Crippen LogP contribution in [0.1, 0.15) is 5.56 Å². The number of anilines is 1. The first-order chi connectivity index (χ1) is 13.0. The van der Waals surface area contributed by atoms with Gasteiger partial charge in [0.25, 0.3) is 15.7 Å². The van der Waals surface area contributed by atoms with E-state index in [9.17, 15) is 31.7 Å². The minimum Gasteiger partial charge on any atom is -0.363 e. The minimum atomic E-state index is -4.84. The van der Waals surface area contributed by atoms with Gasteiger partial charge in [0.2, 0.25) is 0 Å². The van der Waals surface area contributed by atoms with Crippen LogP contribution >= 0.6 is 11.6 Å². The van der Waals surface area contributed by atoms with Gasteiger partial charge >= 0.3 is 6.18 Å². The van der Waals surface area contributed by atoms with Crippen LogP contribution in [0.2, 0.25) is 5.02 Å². The average Bonchev–Trinajstić information content (AvgIpc) is 3.15. The van der Waals surface area contributed by atoms with Gasteiger partial charge in [-0.3, -0.25) is 15.2 Å². The lowest BCUT2D eigenvalue weighted by Crippen LogP contribution is -2.48. The van der Waals surface area contributed by atoms with Gasteiger partial charge in [0, 0.05) is 32.2 Å². The standard InChI is InChI=1S/C14H13ClF3N5O4S/c15-10-8-11(12(23(24)25)7-9(10)14(16,17)18)21-3-5-22(6-4-21)28(26,27)13-1-2-19-20-13/h1-2,7-8H,3-6H2,(H,19,20). The van der Waals surface area contributed by atoms with Crippen molar-refractivity contribution in [1.82, 2.24) is 14.5 Å². The first-order valence-electron chi connectivity index (χ1n) is 7.81. The number of nitro benzene ring substituents is 1. The molecule has 0 saturated carbocycles. The molecule has 0 spiro atoms. The van der Waals surface area contributed by atoms with Crippen LogP contribution in [0.5, 0.6) is 0 Å². The Labute approximate surface area is 161 Å². The number of nitro groups is 1. The molecule has 152 valence electrons. The lowest BCUT2D eigenvalue weighted by molar-refractivity contribution is -0.384. The summed E-state index contributed by atoms with van der Waals surface area (Å²) >= 11 is 5.69. The van der Waals surface area contributed by atoms with Crippen LogP contribution in [-0.2, 0) is 16.2 Å². The van der Waals surface area contributed by atoms with Gasteiger partial charge in [-0.15, -0.1) is 0 Å². The zero-order valence-electron chi connectivity index (χ0n) is 14.0. The number of hydrogen-bond acceptors (Lipinski definition) is 6. The van der Waals surface area contributed by atoms with Crippen LogP contribution in [0, 0.1) is 10.1 Å². The Morgan fingerprint density at radius 3 is 2.36 bits per heavy atom. The van der Waals surface area contributed by atoms with Crippen LogP contribution in [-0.4, -0.2) is 54.0 Å². The van der Waals surface area contributed by atoms with Crippen molar-refractivity contribution in [3.8, 4) is 0 Å². The van der Waals surface area contributed by atoms with Crippen LogP contribution in [0.3, 0.4) is 0 Å². The van der Waals surface area contributed by atoms with Crippen molar-refractivity contribution in [2.75, 3.05) is 31.1 Å². The molecule has 14 heteroatoms. The van der Waals surface area contributed by atoms with Crippen molar-refractivity contribution < 1.29 is 26.5 Å². The zero-order chi connectivity index (χ0) is 20.7. The maximum absolute atomic E-state index is 13.0. The summed E-state index contributed by atoms with van der Waals surface area (Å²) in [5.41, 5.74) is -2.15. The molecule has 1 aromatic carbocycles. The number of rotatable bonds is 4. The van der Waals surface area contributed by atoms with Crippen LogP contribution < -0.4 is 4.90 Å². The lowest BCUT2D eigenvalue weighted by Gasteiger charge is -2.34. The third-order valence-corrected chi connectivity index (χ3v) is 6.38. The maximum atomic E-state index is 13.0. The molecule has 1 aliphatic rings. The van der Waals surface area contributed by atoms with Gasteiger partial charge in [-0.25, -0.2) is 8.42 Å². The predicted molar refractivity (Wildman–Crippen MR) is 92.7 cm³/mol. The Morgan fingerprint density at radius 1 is 1.21 bits per heavy atom. The summed E-state index contributed by atoms with van der Waals surface area (Å²) in [6.07, 6.45) is -3.55. The maximum Gasteiger partial charge on any atom is 0.418 e. The smallest absolute Gasteiger partial charge is 0.363 e. The SMILES string of the molecule is O=[N+]([O-])c1cc(C(F)(F)F)c(Cl)cc1N1CCN(S(=O)(=O)c2ccn[nH]2)CC1. The summed E-state index contributed by atoms with van der Waals surface area (Å²) < 4.78 is 65.0. The number of nitrogens with zero attached hydrogens (tertiary/aromatic N) is 4. The fraction of sp³-hybridized carbons (Fsp3) is 0.357. The number of piperazine rings is 1. The van der Waals surface area contributed by atoms with Crippen molar-refractivity contribution >= 4 is 33.0 Å². The number of hydrogen-bond donors (Lipinski definition) is 1. The summed E-state index contributed by atoms with van der Waals surface area (Å²) in [5, 5.41) is 16.5. The number of benzene rings is 1. The fourth-order valence-electron chi connectivity index (χ4n) is 2.86. The number of H-pyrrole nitrogens is 1. The molecule has 1 aromatic heterocycles. The van der Waals surface area contributed by atoms with E-state index in [1.807, 2.05) is 0 Å². The van der Waals surface area contributed by atoms with E-state index in [2.05, 4.69) is 10.2 Å². The Hall–Kier alpha value is -2.38. The molecular weight excluding hydrogens is 427 g/mol. The second kappa shape index (κ2) is 7.22. The van der Waals surface area contributed by atoms with Gasteiger partial charge in [-0.2, -0.15) is 22.6 Å². The van der Waals surface area contributed by atoms with Gasteiger partial charge < -0.3 is 4.90 Å². The molecule has 1 saturated heterocycles. The molecule has 0 bridgehead atoms. The van der Waals surface area contributed by atoms with Crippen molar-refractivity contribution in [2.24, 2.45) is 0 Å². The summed E-state index contributed by atoms with van der Waals surface area (Å²) in [4.78, 5) is 11.8. The number of halogens is 4. The second-order valence-electron chi connectivity index (χ2n) is 5.89. The number of nitrogens with one attached hydrogen (secondary N) is 1. The summed E-state index contributed by atoms with van der Waals surface area (Å²) in [6.45, 7) is 0.0418. The highest BCUT2D eigenvalue weighted by Crippen LogP contribution is 2.41. The first kappa shape index (κ1) is 20.4. The summed E-state index contributed by atoms with van der Waals surface area (Å²) in [7, 11) is -3.81. The third kappa shape index (κ3) is 3.77. The Morgan fingerprint density at radius 2 is 1.86 bits per heavy atom. The average molecular weight is 440 g/mol. The molecular formula is C14H13ClF3N5O4S. The van der Waals surface area contributed by atoms with Crippen molar-refractivity contribution in [3.05, 3.63) is 45.1 Å². The van der Waals surface area contributed by atoms with Gasteiger partial charge in [-0.1, -0.05) is 11.6 Å². The Balaban J connectivity index is 1.86. The fourth-order valence-corrected chi connectivity index (χ4v) is 4.45. The first-order valence-corrected chi connectivity index (χ1v) is 9.63. The van der Waals surface area contributed by atoms with Crippen molar-refractivity contribution in [3.63, 3.8) is 0 Å². The van der Waals surface area contributed by atoms with Crippen molar-refractivity contribution in [2.45, 2.75) is 11.2 Å². The van der Waals surface area contributed by atoms with Crippen LogP contribution in [0.4, 0.5) is 24.5 Å². The summed E-state index contributed by atoms with van der Waals surface area (Å²) in [6, 6.07) is 2.58. The molecule has 2 aromatic rings. The molecule has 3 rings (SSSR count). The van der Waals surface area contributed by atoms with Crippen molar-refractivity contribution in [1.29, 1.82) is 0 Å². The monoisotopic (exact) mass is 439 g/mol. The highest BCUT2D eigenvalue weighted by molar-refractivity contribution is 7.89. The molecule has 0 radical (unpaired) electrons. The highest BCUT2D eigenvalue weighted by Gasteiger charge is 2.38. The molecule has 0 aliphatic carbocycles. The van der Waals surface area contributed by atoms with Gasteiger partial charge in [0.15, 0.2) is 5.03 Å². The van der Waals surface area contributed by atoms with E-state index in [4.69, 9.17) is 11.6 Å². The van der Waals surface area contributed by atoms with Crippen LogP contribution in [0.15, 0.2) is 29.4 Å². The molecule has 0 amide bonds. The quantitative estimate of drug-likeness (QED) is 0.578. The predicted octanol–water partition coefficient (Wildman–Crippen LogP) is 2.50. The largest absolute Gasteiger partial charge is 0.418 e. The third-order valence-electron chi connectivity index (χ3n) is 4.24. The number of aromatic amines is 1. The number of alkyl halides is 3. The molecule has 0 unspecified atom stereocenters. The number of aromatic nitrogens is 2. The lowest BCUT2D eigenvalue weighted by atomic mass is 10.1. The van der Waals surface area contributed by atoms with E-state index >= 15 is 0 Å². The van der Waals surface area contributed by atoms with Gasteiger partial charge in [0.05, 0.1) is 21.7 Å². The number of sulfonamides is 1. The summed E-state index contributed by atoms with van der Waals surface area (Å²) in [5.74, 6) is 0. The molecule has 1 fully saturated rings. The van der Waals surface area contributed by atoms with E-state index in [-0.39, 0.29) is 36.9 Å². The topological polar surface area (TPSA) is 112 Å². The van der Waals surface area contributed by atoms with Gasteiger partial charge in [0.1, 0.15) is 5.69 Å². The normalized spacial score (nSPS) is 16.4. The van der Waals surface area contributed by atoms with E-state index in [1.165, 1.54) is 17.2 Å². The highest BCUT2D eigenvalue weighted by atomic mass is 35.5. The molecule has 9 nitrogen and oxygen atoms in total. The molecule has 1 aliphatic heterocycles. The Kier molecular flexibility index (Phi) is 5.25. The Bertz CT molecular complexity index is 989. The second-order valence-corrected chi connectivity index (χ2v) is 8.20.